The lowest BCUT2D eigenvalue weighted by Crippen LogP contribution is -2.54. The molecule has 242 valence electrons. The van der Waals surface area contributed by atoms with E-state index in [1.807, 2.05) is 96.6 Å². The summed E-state index contributed by atoms with van der Waals surface area (Å²) in [6.07, 6.45) is -1.85. The van der Waals surface area contributed by atoms with E-state index in [1.165, 1.54) is 0 Å². The van der Waals surface area contributed by atoms with Crippen LogP contribution in [0.3, 0.4) is 0 Å². The van der Waals surface area contributed by atoms with Crippen LogP contribution in [0.1, 0.15) is 40.2 Å². The Morgan fingerprint density at radius 1 is 0.830 bits per heavy atom. The molecule has 0 saturated carbocycles. The predicted octanol–water partition coefficient (Wildman–Crippen LogP) is 4.21. The van der Waals surface area contributed by atoms with E-state index in [9.17, 15) is 10.2 Å². The molecule has 6 rings (SSSR count). The molecule has 0 amide bonds. The molecule has 0 radical (unpaired) electrons. The van der Waals surface area contributed by atoms with Crippen molar-refractivity contribution in [3.63, 3.8) is 0 Å². The fraction of sp³-hybridized carbons (Fsp3) is 0.278. The molecule has 3 atom stereocenters. The largest absolute Gasteiger partial charge is 0.394 e. The number of hydrogen-bond acceptors (Lipinski definition) is 11. The number of anilines is 2. The van der Waals surface area contributed by atoms with E-state index in [0.717, 1.165) is 61.3 Å². The van der Waals surface area contributed by atoms with E-state index in [2.05, 4.69) is 39.6 Å². The molecule has 0 spiro atoms. The number of aliphatic hydroxyl groups excluding tert-OH is 2. The summed E-state index contributed by atoms with van der Waals surface area (Å²) in [5.74, 6) is 6.41. The molecule has 0 fully saturated rings. The number of amidine groups is 2. The highest BCUT2D eigenvalue weighted by Gasteiger charge is 2.37. The summed E-state index contributed by atoms with van der Waals surface area (Å²) < 4.78 is 0. The fourth-order valence-electron chi connectivity index (χ4n) is 6.25. The standard InChI is InChI=1S/C36H41N9O2/c1-21-16-30(43(3)4)26-18-24(12-14-28(26)38-21)34-40-35(25-13-15-29-27(19-25)31(44(5)6)17-22(2)39-29)45(42-37)36(41-34)33(32(47)20-46)23-10-8-7-9-11-23/h7-19,32-33,35,42,46-47H,20,37H2,1-6H3/t32-,33?,35?/m1/s1. The number of aliphatic hydroxyl groups is 2. The second-order valence-electron chi connectivity index (χ2n) is 12.3. The number of aromatic nitrogens is 2. The summed E-state index contributed by atoms with van der Waals surface area (Å²) in [5, 5.41) is 25.1. The Labute approximate surface area is 274 Å². The molecule has 2 unspecified atom stereocenters. The Balaban J connectivity index is 1.60. The smallest absolute Gasteiger partial charge is 0.166 e. The molecule has 11 nitrogen and oxygen atoms in total. The van der Waals surface area contributed by atoms with Crippen LogP contribution in [0.5, 0.6) is 0 Å². The summed E-state index contributed by atoms with van der Waals surface area (Å²) in [5.41, 5.74) is 10.9. The maximum atomic E-state index is 11.3. The third-order valence-corrected chi connectivity index (χ3v) is 8.48. The first kappa shape index (κ1) is 32.0. The van der Waals surface area contributed by atoms with Crippen molar-refractivity contribution < 1.29 is 10.2 Å². The molecule has 0 saturated heterocycles. The number of fused-ring (bicyclic) bond motifs is 2. The number of aryl methyl sites for hydroxylation is 2. The number of nitrogens with zero attached hydrogens (tertiary/aromatic N) is 7. The van der Waals surface area contributed by atoms with Crippen molar-refractivity contribution in [3.05, 3.63) is 107 Å². The molecule has 1 aliphatic rings. The molecule has 3 heterocycles. The van der Waals surface area contributed by atoms with Gasteiger partial charge in [-0.05, 0) is 67.4 Å². The van der Waals surface area contributed by atoms with Crippen LogP contribution in [0.25, 0.3) is 21.8 Å². The first-order valence-corrected chi connectivity index (χ1v) is 15.5. The van der Waals surface area contributed by atoms with Gasteiger partial charge in [0.15, 0.2) is 12.0 Å². The summed E-state index contributed by atoms with van der Waals surface area (Å²) in [6.45, 7) is 3.49. The quantitative estimate of drug-likeness (QED) is 0.139. The number of aliphatic imine (C=N–C) groups is 2. The Kier molecular flexibility index (Phi) is 8.89. The number of benzene rings is 3. The van der Waals surface area contributed by atoms with Gasteiger partial charge < -0.3 is 20.0 Å². The monoisotopic (exact) mass is 631 g/mol. The van der Waals surface area contributed by atoms with E-state index in [-0.39, 0.29) is 0 Å². The molecule has 0 bridgehead atoms. The van der Waals surface area contributed by atoms with E-state index in [1.54, 1.807) is 5.01 Å². The molecule has 5 N–H and O–H groups in total. The van der Waals surface area contributed by atoms with Crippen LogP contribution >= 0.6 is 0 Å². The van der Waals surface area contributed by atoms with Gasteiger partial charge in [0, 0.05) is 67.3 Å². The van der Waals surface area contributed by atoms with Crippen molar-refractivity contribution in [1.29, 1.82) is 0 Å². The van der Waals surface area contributed by atoms with Gasteiger partial charge in [-0.15, -0.1) is 0 Å². The van der Waals surface area contributed by atoms with Gasteiger partial charge in [0.25, 0.3) is 0 Å². The van der Waals surface area contributed by atoms with Crippen LogP contribution in [-0.4, -0.2) is 77.8 Å². The van der Waals surface area contributed by atoms with Crippen molar-refractivity contribution in [2.24, 2.45) is 15.8 Å². The molecule has 3 aromatic carbocycles. The summed E-state index contributed by atoms with van der Waals surface area (Å²) in [4.78, 5) is 23.9. The van der Waals surface area contributed by atoms with E-state index >= 15 is 0 Å². The van der Waals surface area contributed by atoms with Gasteiger partial charge in [-0.25, -0.2) is 9.98 Å². The number of rotatable bonds is 9. The topological polar surface area (TPSA) is 139 Å². The van der Waals surface area contributed by atoms with Gasteiger partial charge in [0.1, 0.15) is 5.84 Å². The number of nitrogens with one attached hydrogen (secondary N) is 1. The lowest BCUT2D eigenvalue weighted by molar-refractivity contribution is 0.0815. The maximum Gasteiger partial charge on any atom is 0.166 e. The molecular weight excluding hydrogens is 590 g/mol. The Morgan fingerprint density at radius 3 is 2.00 bits per heavy atom. The van der Waals surface area contributed by atoms with Gasteiger partial charge in [0.05, 0.1) is 29.7 Å². The van der Waals surface area contributed by atoms with Crippen LogP contribution < -0.4 is 21.2 Å². The van der Waals surface area contributed by atoms with Crippen LogP contribution in [0.4, 0.5) is 11.4 Å². The highest BCUT2D eigenvalue weighted by atomic mass is 16.3. The third-order valence-electron chi connectivity index (χ3n) is 8.48. The molecule has 2 aromatic heterocycles. The van der Waals surface area contributed by atoms with Gasteiger partial charge >= 0.3 is 0 Å². The van der Waals surface area contributed by atoms with E-state index < -0.39 is 24.8 Å². The van der Waals surface area contributed by atoms with E-state index in [0.29, 0.717) is 11.7 Å². The lowest BCUT2D eigenvalue weighted by Gasteiger charge is -2.38. The SMILES string of the molecule is Cc1cc(N(C)C)c2cc(C3=NC(c4ccc5nc(C)cc(N(C)C)c5c4)N(NN)C(C(c4ccccc4)[C@H](O)CO)=N3)ccc2n1. The zero-order chi connectivity index (χ0) is 33.4. The van der Waals surface area contributed by atoms with Gasteiger partial charge in [-0.2, -0.15) is 5.53 Å². The summed E-state index contributed by atoms with van der Waals surface area (Å²) in [6, 6.07) is 25.7. The maximum absolute atomic E-state index is 11.3. The fourth-order valence-corrected chi connectivity index (χ4v) is 6.25. The second-order valence-corrected chi connectivity index (χ2v) is 12.3. The highest BCUT2D eigenvalue weighted by Crippen LogP contribution is 2.36. The Bertz CT molecular complexity index is 1990. The van der Waals surface area contributed by atoms with Crippen LogP contribution in [-0.2, 0) is 0 Å². The molecule has 11 heteroatoms. The second kappa shape index (κ2) is 13.0. The highest BCUT2D eigenvalue weighted by molar-refractivity contribution is 6.11. The van der Waals surface area contributed by atoms with Gasteiger partial charge in [-0.1, -0.05) is 36.4 Å². The van der Waals surface area contributed by atoms with Gasteiger partial charge in [0.2, 0.25) is 0 Å². The van der Waals surface area contributed by atoms with Crippen LogP contribution in [0, 0.1) is 13.8 Å². The Hall–Kier alpha value is -4.94. The summed E-state index contributed by atoms with van der Waals surface area (Å²) in [7, 11) is 8.04. The number of hydrazine groups is 2. The number of pyridine rings is 2. The average Bonchev–Trinajstić information content (AvgIpc) is 3.07. The number of nitrogens with two attached hydrogens (primary N) is 1. The van der Waals surface area contributed by atoms with Crippen LogP contribution in [0.15, 0.2) is 88.8 Å². The molecule has 5 aromatic rings. The minimum atomic E-state index is -1.17. The van der Waals surface area contributed by atoms with Gasteiger partial charge in [-0.3, -0.25) is 20.8 Å². The zero-order valence-corrected chi connectivity index (χ0v) is 27.5. The van der Waals surface area contributed by atoms with Crippen molar-refractivity contribution in [1.82, 2.24) is 20.5 Å². The first-order valence-electron chi connectivity index (χ1n) is 15.5. The molecule has 47 heavy (non-hydrogen) atoms. The zero-order valence-electron chi connectivity index (χ0n) is 27.5. The molecule has 0 aliphatic carbocycles. The summed E-state index contributed by atoms with van der Waals surface area (Å²) >= 11 is 0. The minimum absolute atomic E-state index is 0.417. The first-order chi connectivity index (χ1) is 22.6. The third kappa shape index (κ3) is 6.13. The average molecular weight is 632 g/mol. The predicted molar refractivity (Wildman–Crippen MR) is 190 cm³/mol. The Morgan fingerprint density at radius 2 is 1.43 bits per heavy atom. The van der Waals surface area contributed by atoms with Crippen molar-refractivity contribution >= 4 is 44.9 Å². The lowest BCUT2D eigenvalue weighted by atomic mass is 9.91. The molecule has 1 aliphatic heterocycles. The van der Waals surface area contributed by atoms with Crippen LogP contribution in [0.2, 0.25) is 0 Å². The molecular formula is C36H41N9O2. The number of hydrogen-bond donors (Lipinski definition) is 4. The van der Waals surface area contributed by atoms with Crippen molar-refractivity contribution in [2.45, 2.75) is 32.0 Å². The van der Waals surface area contributed by atoms with Crippen molar-refractivity contribution in [2.75, 3.05) is 44.6 Å². The normalized spacial score (nSPS) is 16.2. The van der Waals surface area contributed by atoms with Crippen molar-refractivity contribution in [3.8, 4) is 0 Å². The van der Waals surface area contributed by atoms with E-state index in [4.69, 9.17) is 25.8 Å². The minimum Gasteiger partial charge on any atom is -0.394 e.